The predicted molar refractivity (Wildman–Crippen MR) is 106 cm³/mol. The molecule has 2 aromatic carbocycles. The Morgan fingerprint density at radius 3 is 2.67 bits per heavy atom. The molecule has 7 heteroatoms. The van der Waals surface area contributed by atoms with Crippen LogP contribution in [-0.4, -0.2) is 30.3 Å². The fraction of sp³-hybridized carbons (Fsp3) is 0.200. The maximum absolute atomic E-state index is 12.3. The van der Waals surface area contributed by atoms with E-state index in [0.717, 1.165) is 9.86 Å². The van der Waals surface area contributed by atoms with Crippen molar-refractivity contribution in [3.63, 3.8) is 0 Å². The van der Waals surface area contributed by atoms with Crippen molar-refractivity contribution in [3.8, 4) is 16.9 Å². The maximum atomic E-state index is 12.3. The van der Waals surface area contributed by atoms with E-state index in [1.165, 1.54) is 0 Å². The molecular weight excluding hydrogens is 414 g/mol. The van der Waals surface area contributed by atoms with Gasteiger partial charge in [-0.2, -0.15) is 0 Å². The zero-order valence-electron chi connectivity index (χ0n) is 14.6. The van der Waals surface area contributed by atoms with Gasteiger partial charge in [-0.1, -0.05) is 28.1 Å². The van der Waals surface area contributed by atoms with E-state index >= 15 is 0 Å². The van der Waals surface area contributed by atoms with Crippen LogP contribution in [0.25, 0.3) is 22.1 Å². The third-order valence-electron chi connectivity index (χ3n) is 3.82. The highest BCUT2D eigenvalue weighted by molar-refractivity contribution is 9.10. The first-order valence-electron chi connectivity index (χ1n) is 8.34. The third-order valence-corrected chi connectivity index (χ3v) is 4.32. The number of carbonyl (C=O) groups excluding carboxylic acids is 1. The van der Waals surface area contributed by atoms with Crippen LogP contribution in [0.3, 0.4) is 0 Å². The first kappa shape index (κ1) is 19.1. The van der Waals surface area contributed by atoms with Crippen LogP contribution < -0.4 is 15.7 Å². The fourth-order valence-corrected chi connectivity index (χ4v) is 2.87. The van der Waals surface area contributed by atoms with E-state index in [2.05, 4.69) is 21.2 Å². The summed E-state index contributed by atoms with van der Waals surface area (Å²) in [5.41, 5.74) is 1.24. The Morgan fingerprint density at radius 2 is 1.96 bits per heavy atom. The molecule has 0 saturated heterocycles. The topological polar surface area (TPSA) is 88.8 Å². The Kier molecular flexibility index (Phi) is 5.93. The number of carbonyl (C=O) groups is 1. The molecule has 1 aromatic heterocycles. The van der Waals surface area contributed by atoms with Crippen molar-refractivity contribution in [2.45, 2.75) is 13.0 Å². The zero-order valence-corrected chi connectivity index (χ0v) is 16.2. The van der Waals surface area contributed by atoms with Crippen LogP contribution >= 0.6 is 15.9 Å². The second kappa shape index (κ2) is 8.37. The van der Waals surface area contributed by atoms with Gasteiger partial charge >= 0.3 is 5.63 Å². The number of halogens is 1. The van der Waals surface area contributed by atoms with Crippen molar-refractivity contribution in [1.82, 2.24) is 5.32 Å². The van der Waals surface area contributed by atoms with Gasteiger partial charge in [0.25, 0.3) is 5.91 Å². The van der Waals surface area contributed by atoms with E-state index < -0.39 is 11.7 Å². The van der Waals surface area contributed by atoms with Crippen LogP contribution in [0.5, 0.6) is 5.75 Å². The average molecular weight is 432 g/mol. The summed E-state index contributed by atoms with van der Waals surface area (Å²) in [5.74, 6) is 0.180. The van der Waals surface area contributed by atoms with E-state index in [1.807, 2.05) is 12.1 Å². The van der Waals surface area contributed by atoms with Gasteiger partial charge in [-0.25, -0.2) is 4.79 Å². The first-order valence-corrected chi connectivity index (χ1v) is 9.13. The second-order valence-electron chi connectivity index (χ2n) is 6.10. The first-order chi connectivity index (χ1) is 12.9. The molecule has 0 fully saturated rings. The minimum atomic E-state index is -0.609. The standard InChI is InChI=1S/C20H18BrNO5/c1-12(23)10-22-19(24)11-26-16-5-2-13(3-6-16)17-9-14-8-15(21)4-7-18(14)27-20(17)25/h2-9,12,23H,10-11H2,1H3,(H,22,24)/t12-/m1/s1. The summed E-state index contributed by atoms with van der Waals surface area (Å²) in [6, 6.07) is 14.1. The number of hydrogen-bond donors (Lipinski definition) is 2. The molecule has 0 spiro atoms. The molecule has 0 aliphatic heterocycles. The van der Waals surface area contributed by atoms with Crippen LogP contribution in [0, 0.1) is 0 Å². The predicted octanol–water partition coefficient (Wildman–Crippen LogP) is 3.10. The summed E-state index contributed by atoms with van der Waals surface area (Å²) in [6.45, 7) is 1.61. The van der Waals surface area contributed by atoms with E-state index in [4.69, 9.17) is 14.3 Å². The highest BCUT2D eigenvalue weighted by Crippen LogP contribution is 2.25. The van der Waals surface area contributed by atoms with Crippen LogP contribution in [0.4, 0.5) is 0 Å². The van der Waals surface area contributed by atoms with Gasteiger partial charge in [-0.05, 0) is 48.9 Å². The monoisotopic (exact) mass is 431 g/mol. The summed E-state index contributed by atoms with van der Waals surface area (Å²) >= 11 is 3.41. The number of rotatable bonds is 6. The van der Waals surface area contributed by atoms with E-state index in [1.54, 1.807) is 43.3 Å². The van der Waals surface area contributed by atoms with Gasteiger partial charge in [0.1, 0.15) is 11.3 Å². The molecule has 0 saturated carbocycles. The lowest BCUT2D eigenvalue weighted by atomic mass is 10.1. The van der Waals surface area contributed by atoms with Gasteiger partial charge in [-0.3, -0.25) is 4.79 Å². The SMILES string of the molecule is C[C@@H](O)CNC(=O)COc1ccc(-c2cc3cc(Br)ccc3oc2=O)cc1. The van der Waals surface area contributed by atoms with Crippen LogP contribution in [0.15, 0.2) is 62.2 Å². The normalized spacial score (nSPS) is 12.0. The van der Waals surface area contributed by atoms with E-state index in [0.29, 0.717) is 22.5 Å². The molecule has 0 unspecified atom stereocenters. The Bertz CT molecular complexity index is 1010. The molecule has 1 heterocycles. The molecule has 0 aliphatic rings. The fourth-order valence-electron chi connectivity index (χ4n) is 2.49. The largest absolute Gasteiger partial charge is 0.484 e. The molecule has 1 atom stereocenters. The average Bonchev–Trinajstić information content (AvgIpc) is 2.65. The summed E-state index contributed by atoms with van der Waals surface area (Å²) in [5, 5.41) is 12.5. The number of hydrogen-bond acceptors (Lipinski definition) is 5. The summed E-state index contributed by atoms with van der Waals surface area (Å²) in [4.78, 5) is 23.9. The minimum absolute atomic E-state index is 0.155. The Hall–Kier alpha value is -2.64. The van der Waals surface area contributed by atoms with Crippen LogP contribution in [0.2, 0.25) is 0 Å². The van der Waals surface area contributed by atoms with Gasteiger partial charge in [0.05, 0.1) is 11.7 Å². The van der Waals surface area contributed by atoms with Crippen molar-refractivity contribution < 1.29 is 19.1 Å². The van der Waals surface area contributed by atoms with Crippen molar-refractivity contribution in [2.24, 2.45) is 0 Å². The number of aliphatic hydroxyl groups is 1. The number of nitrogens with one attached hydrogen (secondary N) is 1. The van der Waals surface area contributed by atoms with Crippen molar-refractivity contribution in [1.29, 1.82) is 0 Å². The quantitative estimate of drug-likeness (QED) is 0.585. The summed E-state index contributed by atoms with van der Waals surface area (Å²) in [7, 11) is 0. The number of benzene rings is 2. The molecule has 0 radical (unpaired) electrons. The van der Waals surface area contributed by atoms with Gasteiger partial charge in [0.2, 0.25) is 0 Å². The van der Waals surface area contributed by atoms with E-state index in [-0.39, 0.29) is 19.1 Å². The van der Waals surface area contributed by atoms with Gasteiger partial charge < -0.3 is 19.6 Å². The lowest BCUT2D eigenvalue weighted by Gasteiger charge is -2.09. The molecule has 0 bridgehead atoms. The molecule has 0 aliphatic carbocycles. The van der Waals surface area contributed by atoms with Gasteiger partial charge in [0, 0.05) is 16.4 Å². The lowest BCUT2D eigenvalue weighted by molar-refractivity contribution is -0.123. The molecule has 3 rings (SSSR count). The minimum Gasteiger partial charge on any atom is -0.484 e. The molecule has 27 heavy (non-hydrogen) atoms. The summed E-state index contributed by atoms with van der Waals surface area (Å²) < 4.78 is 11.7. The molecule has 2 N–H and O–H groups in total. The second-order valence-corrected chi connectivity index (χ2v) is 7.01. The number of aliphatic hydroxyl groups excluding tert-OH is 1. The molecule has 3 aromatic rings. The lowest BCUT2D eigenvalue weighted by Crippen LogP contribution is -2.34. The van der Waals surface area contributed by atoms with Gasteiger partial charge in [-0.15, -0.1) is 0 Å². The molecular formula is C20H18BrNO5. The number of fused-ring (bicyclic) bond motifs is 1. The van der Waals surface area contributed by atoms with Crippen molar-refractivity contribution in [3.05, 3.63) is 63.4 Å². The van der Waals surface area contributed by atoms with E-state index in [9.17, 15) is 9.59 Å². The third kappa shape index (κ3) is 4.96. The highest BCUT2D eigenvalue weighted by Gasteiger charge is 2.09. The van der Waals surface area contributed by atoms with Crippen LogP contribution in [-0.2, 0) is 4.79 Å². The summed E-state index contributed by atoms with van der Waals surface area (Å²) in [6.07, 6.45) is -0.609. The number of ether oxygens (including phenoxy) is 1. The zero-order chi connectivity index (χ0) is 19.4. The Morgan fingerprint density at radius 1 is 1.22 bits per heavy atom. The molecule has 1 amide bonds. The molecule has 140 valence electrons. The maximum Gasteiger partial charge on any atom is 0.344 e. The van der Waals surface area contributed by atoms with Crippen molar-refractivity contribution in [2.75, 3.05) is 13.2 Å². The molecule has 6 nitrogen and oxygen atoms in total. The Balaban J connectivity index is 1.73. The Labute approximate surface area is 163 Å². The number of amides is 1. The van der Waals surface area contributed by atoms with Crippen molar-refractivity contribution >= 4 is 32.8 Å². The van der Waals surface area contributed by atoms with Crippen LogP contribution in [0.1, 0.15) is 6.92 Å². The van der Waals surface area contributed by atoms with Gasteiger partial charge in [0.15, 0.2) is 6.61 Å². The smallest absolute Gasteiger partial charge is 0.344 e. The highest BCUT2D eigenvalue weighted by atomic mass is 79.9.